The first kappa shape index (κ1) is 21.1. The summed E-state index contributed by atoms with van der Waals surface area (Å²) in [7, 11) is 0. The number of benzene rings is 1. The molecule has 32 heavy (non-hydrogen) atoms. The Morgan fingerprint density at radius 2 is 1.88 bits per heavy atom. The minimum Gasteiger partial charge on any atom is -0.466 e. The smallest absolute Gasteiger partial charge is 0.349 e. The largest absolute Gasteiger partial charge is 0.466 e. The van der Waals surface area contributed by atoms with Gasteiger partial charge in [-0.05, 0) is 24.3 Å². The van der Waals surface area contributed by atoms with Crippen molar-refractivity contribution in [3.63, 3.8) is 0 Å². The maximum atomic E-state index is 14.6. The maximum absolute atomic E-state index is 14.6. The molecule has 3 heterocycles. The van der Waals surface area contributed by atoms with Gasteiger partial charge < -0.3 is 9.73 Å². The molecule has 1 N–H and O–H groups in total. The fraction of sp³-hybridized carbons (Fsp3) is 0.136. The molecule has 0 saturated heterocycles. The highest BCUT2D eigenvalue weighted by Gasteiger charge is 2.48. The Hall–Kier alpha value is -4.13. The van der Waals surface area contributed by atoms with Crippen molar-refractivity contribution in [1.82, 2.24) is 14.7 Å². The minimum atomic E-state index is -4.54. The Bertz CT molecular complexity index is 1290. The van der Waals surface area contributed by atoms with Gasteiger partial charge in [-0.25, -0.2) is 13.8 Å². The molecule has 3 aromatic heterocycles. The predicted molar refractivity (Wildman–Crippen MR) is 105 cm³/mol. The van der Waals surface area contributed by atoms with Crippen molar-refractivity contribution in [2.45, 2.75) is 18.4 Å². The summed E-state index contributed by atoms with van der Waals surface area (Å²) in [5.74, 6) is -5.18. The van der Waals surface area contributed by atoms with Crippen molar-refractivity contribution < 1.29 is 26.8 Å². The molecule has 1 unspecified atom stereocenters. The summed E-state index contributed by atoms with van der Waals surface area (Å²) >= 11 is 0. The molecule has 6 nitrogen and oxygen atoms in total. The quantitative estimate of drug-likeness (QED) is 0.429. The average molecular weight is 442 g/mol. The fourth-order valence-electron chi connectivity index (χ4n) is 3.30. The van der Waals surface area contributed by atoms with Crippen LogP contribution < -0.4 is 5.32 Å². The number of nitrogens with zero attached hydrogens (tertiary/aromatic N) is 3. The number of nitriles is 1. The summed E-state index contributed by atoms with van der Waals surface area (Å²) in [6.45, 7) is 0. The van der Waals surface area contributed by atoms with Crippen LogP contribution in [-0.4, -0.2) is 21.7 Å². The molecule has 1 atom stereocenters. The van der Waals surface area contributed by atoms with Crippen LogP contribution in [0, 0.1) is 11.3 Å². The number of carbonyl (C=O) groups excluding carboxylic acids is 1. The molecule has 0 saturated carbocycles. The molecule has 1 amide bonds. The van der Waals surface area contributed by atoms with Crippen LogP contribution in [0.4, 0.5) is 17.6 Å². The van der Waals surface area contributed by atoms with E-state index in [4.69, 9.17) is 4.42 Å². The van der Waals surface area contributed by atoms with Crippen LogP contribution in [0.1, 0.15) is 27.9 Å². The van der Waals surface area contributed by atoms with E-state index in [1.165, 1.54) is 42.7 Å². The zero-order chi connectivity index (χ0) is 22.9. The number of hydrogen-bond acceptors (Lipinski definition) is 4. The molecule has 4 rings (SSSR count). The van der Waals surface area contributed by atoms with Gasteiger partial charge in [-0.3, -0.25) is 9.20 Å². The Morgan fingerprint density at radius 3 is 2.50 bits per heavy atom. The Labute approximate surface area is 178 Å². The summed E-state index contributed by atoms with van der Waals surface area (Å²) in [6, 6.07) is 13.9. The van der Waals surface area contributed by atoms with E-state index in [0.717, 1.165) is 10.6 Å². The number of halogens is 4. The first-order valence-electron chi connectivity index (χ1n) is 9.31. The number of rotatable bonds is 6. The van der Waals surface area contributed by atoms with E-state index in [9.17, 15) is 27.6 Å². The molecule has 10 heteroatoms. The molecule has 0 spiro atoms. The summed E-state index contributed by atoms with van der Waals surface area (Å²) in [5, 5.41) is 11.8. The molecule has 0 aliphatic carbocycles. The molecule has 0 radical (unpaired) electrons. The topological polar surface area (TPSA) is 83.3 Å². The number of hydrogen-bond donors (Lipinski definition) is 1. The van der Waals surface area contributed by atoms with Crippen LogP contribution in [-0.2, 0) is 5.92 Å². The Kier molecular flexibility index (Phi) is 5.40. The predicted octanol–water partition coefficient (Wildman–Crippen LogP) is 4.95. The number of pyridine rings is 1. The van der Waals surface area contributed by atoms with Gasteiger partial charge in [0.2, 0.25) is 0 Å². The zero-order valence-electron chi connectivity index (χ0n) is 16.2. The van der Waals surface area contributed by atoms with Gasteiger partial charge in [0.05, 0.1) is 23.6 Å². The van der Waals surface area contributed by atoms with E-state index >= 15 is 0 Å². The third-order valence-corrected chi connectivity index (χ3v) is 4.76. The number of aromatic nitrogens is 2. The van der Waals surface area contributed by atoms with Crippen LogP contribution in [0.3, 0.4) is 0 Å². The number of imidazole rings is 1. The van der Waals surface area contributed by atoms with Crippen molar-refractivity contribution in [1.29, 1.82) is 5.26 Å². The third kappa shape index (κ3) is 3.58. The third-order valence-electron chi connectivity index (χ3n) is 4.76. The van der Waals surface area contributed by atoms with E-state index in [-0.39, 0.29) is 28.2 Å². The highest BCUT2D eigenvalue weighted by molar-refractivity contribution is 6.00. The summed E-state index contributed by atoms with van der Waals surface area (Å²) in [4.78, 5) is 17.0. The number of fused-ring (bicyclic) bond motifs is 1. The average Bonchev–Trinajstić information content (AvgIpc) is 3.45. The second-order valence-corrected chi connectivity index (χ2v) is 6.77. The number of furan rings is 1. The molecule has 0 bridgehead atoms. The molecule has 0 aliphatic heterocycles. The van der Waals surface area contributed by atoms with Gasteiger partial charge >= 0.3 is 12.3 Å². The number of alkyl halides is 4. The van der Waals surface area contributed by atoms with E-state index < -0.39 is 30.0 Å². The monoisotopic (exact) mass is 442 g/mol. The molecule has 0 aliphatic rings. The van der Waals surface area contributed by atoms with Crippen molar-refractivity contribution in [2.24, 2.45) is 0 Å². The highest BCUT2D eigenvalue weighted by Crippen LogP contribution is 2.41. The molecular weight excluding hydrogens is 428 g/mol. The summed E-state index contributed by atoms with van der Waals surface area (Å²) in [5.41, 5.74) is -1.66. The second-order valence-electron chi connectivity index (χ2n) is 6.77. The van der Waals surface area contributed by atoms with E-state index in [1.54, 1.807) is 18.2 Å². The first-order chi connectivity index (χ1) is 15.3. The van der Waals surface area contributed by atoms with E-state index in [2.05, 4.69) is 10.3 Å². The first-order valence-corrected chi connectivity index (χ1v) is 9.31. The van der Waals surface area contributed by atoms with Crippen LogP contribution in [0.2, 0.25) is 0 Å². The molecule has 0 fully saturated rings. The molecule has 162 valence electrons. The van der Waals surface area contributed by atoms with Crippen LogP contribution in [0.25, 0.3) is 16.9 Å². The van der Waals surface area contributed by atoms with Crippen LogP contribution in [0.5, 0.6) is 0 Å². The molecule has 4 aromatic rings. The Morgan fingerprint density at radius 1 is 1.12 bits per heavy atom. The van der Waals surface area contributed by atoms with Gasteiger partial charge in [-0.15, -0.1) is 0 Å². The van der Waals surface area contributed by atoms with Gasteiger partial charge in [0.1, 0.15) is 11.5 Å². The number of carbonyl (C=O) groups is 1. The van der Waals surface area contributed by atoms with Crippen LogP contribution in [0.15, 0.2) is 71.5 Å². The van der Waals surface area contributed by atoms with Crippen molar-refractivity contribution in [3.05, 3.63) is 84.1 Å². The van der Waals surface area contributed by atoms with Gasteiger partial charge in [-0.2, -0.15) is 14.0 Å². The minimum absolute atomic E-state index is 0.172. The summed E-state index contributed by atoms with van der Waals surface area (Å²) in [6.07, 6.45) is -1.54. The van der Waals surface area contributed by atoms with Gasteiger partial charge in [0.15, 0.2) is 11.7 Å². The highest BCUT2D eigenvalue weighted by atomic mass is 19.3. The lowest BCUT2D eigenvalue weighted by molar-refractivity contribution is -0.138. The Balaban J connectivity index is 1.87. The zero-order valence-corrected chi connectivity index (χ0v) is 16.2. The van der Waals surface area contributed by atoms with Crippen molar-refractivity contribution in [3.8, 4) is 17.3 Å². The van der Waals surface area contributed by atoms with Gasteiger partial charge in [0, 0.05) is 11.8 Å². The maximum Gasteiger partial charge on any atom is 0.349 e. The second kappa shape index (κ2) is 8.19. The lowest BCUT2D eigenvalue weighted by atomic mass is 10.1. The number of amides is 1. The van der Waals surface area contributed by atoms with Crippen molar-refractivity contribution >= 4 is 11.6 Å². The standard InChI is InChI=1S/C22H14F4N4O2/c23-21(24)22(25,26)18-17(13-6-2-1-3-7-13)29-19-14(8-4-10-30(18)19)20(31)28-15(12-27)16-9-5-11-32-16/h1-11,15,21H,(H,28,31). The lowest BCUT2D eigenvalue weighted by Gasteiger charge is -2.17. The van der Waals surface area contributed by atoms with Crippen molar-refractivity contribution in [2.75, 3.05) is 0 Å². The number of nitrogens with one attached hydrogen (secondary N) is 1. The fourth-order valence-corrected chi connectivity index (χ4v) is 3.30. The molecule has 1 aromatic carbocycles. The SMILES string of the molecule is N#CC(NC(=O)c1cccn2c(C(F)(F)C(F)F)c(-c3ccccc3)nc12)c1ccco1. The van der Waals surface area contributed by atoms with Gasteiger partial charge in [-0.1, -0.05) is 30.3 Å². The van der Waals surface area contributed by atoms with E-state index in [0.29, 0.717) is 0 Å². The normalized spacial score (nSPS) is 12.6. The van der Waals surface area contributed by atoms with E-state index in [1.807, 2.05) is 6.07 Å². The molecular formula is C22H14F4N4O2. The lowest BCUT2D eigenvalue weighted by Crippen LogP contribution is -2.28. The van der Waals surface area contributed by atoms with Crippen LogP contribution >= 0.6 is 0 Å². The van der Waals surface area contributed by atoms with Gasteiger partial charge in [0.25, 0.3) is 5.91 Å². The summed E-state index contributed by atoms with van der Waals surface area (Å²) < 4.78 is 61.7.